The molecule has 0 bridgehead atoms. The number of nitrogens with zero attached hydrogens (tertiary/aromatic N) is 1. The van der Waals surface area contributed by atoms with E-state index in [0.717, 1.165) is 0 Å². The summed E-state index contributed by atoms with van der Waals surface area (Å²) in [7, 11) is 0. The summed E-state index contributed by atoms with van der Waals surface area (Å²) in [4.78, 5) is 14.3. The Morgan fingerprint density at radius 1 is 1.25 bits per heavy atom. The molecule has 1 unspecified atom stereocenters. The zero-order chi connectivity index (χ0) is 23.0. The van der Waals surface area contributed by atoms with E-state index in [0.29, 0.717) is 42.1 Å². The number of hydrogen-bond donors (Lipinski definition) is 2. The topological polar surface area (TPSA) is 80.3 Å². The molecule has 9 heteroatoms. The standard InChI is InChI=1S/C23H26ClFN2O5/c1-23(2,3)32-22(29)26-14-6-7-27(11-14)21(15-5-4-13(25)8-17(15)24)16-9-19-20(10-18(16)28)31-12-30-19/h4-5,8-10,14,21,28H,6-7,11-12H2,1-3H3,(H,26,29)/t14-,21?/m1/s1. The monoisotopic (exact) mass is 464 g/mol. The fourth-order valence-corrected chi connectivity index (χ4v) is 4.33. The van der Waals surface area contributed by atoms with E-state index in [1.165, 1.54) is 18.2 Å². The summed E-state index contributed by atoms with van der Waals surface area (Å²) in [5.41, 5.74) is 0.603. The molecule has 2 heterocycles. The molecule has 2 aliphatic rings. The maximum Gasteiger partial charge on any atom is 0.407 e. The van der Waals surface area contributed by atoms with E-state index in [2.05, 4.69) is 10.2 Å². The SMILES string of the molecule is CC(C)(C)OC(=O)N[C@@H]1CCN(C(c2cc3c(cc2O)OCO3)c2ccc(F)cc2Cl)C1. The number of phenols is 1. The maximum absolute atomic E-state index is 13.7. The van der Waals surface area contributed by atoms with E-state index in [9.17, 15) is 14.3 Å². The highest BCUT2D eigenvalue weighted by Crippen LogP contribution is 2.45. The van der Waals surface area contributed by atoms with Crippen molar-refractivity contribution in [2.75, 3.05) is 19.9 Å². The van der Waals surface area contributed by atoms with E-state index in [1.807, 2.05) is 20.8 Å². The largest absolute Gasteiger partial charge is 0.507 e. The van der Waals surface area contributed by atoms with Crippen LogP contribution in [-0.4, -0.2) is 47.6 Å². The summed E-state index contributed by atoms with van der Waals surface area (Å²) in [6.45, 7) is 6.61. The highest BCUT2D eigenvalue weighted by molar-refractivity contribution is 6.31. The van der Waals surface area contributed by atoms with Crippen molar-refractivity contribution >= 4 is 17.7 Å². The summed E-state index contributed by atoms with van der Waals surface area (Å²) >= 11 is 6.42. The van der Waals surface area contributed by atoms with E-state index in [-0.39, 0.29) is 23.6 Å². The predicted octanol–water partition coefficient (Wildman–Crippen LogP) is 4.60. The number of nitrogens with one attached hydrogen (secondary N) is 1. The van der Waals surface area contributed by atoms with Crippen LogP contribution in [0.4, 0.5) is 9.18 Å². The summed E-state index contributed by atoms with van der Waals surface area (Å²) in [5.74, 6) is 0.547. The summed E-state index contributed by atoms with van der Waals surface area (Å²) in [6.07, 6.45) is 0.200. The second-order valence-electron chi connectivity index (χ2n) is 8.96. The van der Waals surface area contributed by atoms with Gasteiger partial charge in [-0.2, -0.15) is 0 Å². The Kier molecular flexibility index (Phi) is 6.09. The van der Waals surface area contributed by atoms with Crippen LogP contribution in [0.25, 0.3) is 0 Å². The number of benzene rings is 2. The number of fused-ring (bicyclic) bond motifs is 1. The van der Waals surface area contributed by atoms with Crippen molar-refractivity contribution in [1.29, 1.82) is 0 Å². The average Bonchev–Trinajstić information content (AvgIpc) is 3.31. The average molecular weight is 465 g/mol. The molecule has 1 amide bonds. The van der Waals surface area contributed by atoms with E-state index >= 15 is 0 Å². The van der Waals surface area contributed by atoms with Crippen molar-refractivity contribution in [3.05, 3.63) is 52.3 Å². The number of rotatable bonds is 4. The lowest BCUT2D eigenvalue weighted by molar-refractivity contribution is 0.0505. The number of likely N-dealkylation sites (tertiary alicyclic amines) is 1. The number of halogens is 2. The Labute approximate surface area is 191 Å². The first-order valence-electron chi connectivity index (χ1n) is 10.4. The molecule has 7 nitrogen and oxygen atoms in total. The normalized spacial score (nSPS) is 19.1. The summed E-state index contributed by atoms with van der Waals surface area (Å²) in [6, 6.07) is 6.79. The molecule has 0 spiro atoms. The van der Waals surface area contributed by atoms with Gasteiger partial charge in [0.25, 0.3) is 0 Å². The number of carbonyl (C=O) groups excluding carboxylic acids is 1. The fourth-order valence-electron chi connectivity index (χ4n) is 4.06. The number of phenolic OH excluding ortho intramolecular Hbond substituents is 1. The first-order valence-corrected chi connectivity index (χ1v) is 10.8. The van der Waals surface area contributed by atoms with Crippen molar-refractivity contribution < 1.29 is 28.5 Å². The molecule has 0 saturated carbocycles. The van der Waals surface area contributed by atoms with Crippen LogP contribution in [0.15, 0.2) is 30.3 Å². The van der Waals surface area contributed by atoms with Gasteiger partial charge in [-0.05, 0) is 51.0 Å². The van der Waals surface area contributed by atoms with E-state index < -0.39 is 23.6 Å². The van der Waals surface area contributed by atoms with Crippen molar-refractivity contribution in [1.82, 2.24) is 10.2 Å². The first kappa shape index (κ1) is 22.5. The van der Waals surface area contributed by atoms with Crippen LogP contribution in [0.2, 0.25) is 5.02 Å². The fraction of sp³-hybridized carbons (Fsp3) is 0.435. The molecule has 172 valence electrons. The van der Waals surface area contributed by atoms with Gasteiger partial charge in [0.1, 0.15) is 17.2 Å². The third kappa shape index (κ3) is 4.86. The van der Waals surface area contributed by atoms with Gasteiger partial charge in [0.15, 0.2) is 11.5 Å². The molecule has 0 aromatic heterocycles. The van der Waals surface area contributed by atoms with Crippen molar-refractivity contribution in [2.45, 2.75) is 44.9 Å². The van der Waals surface area contributed by atoms with Gasteiger partial charge in [0.05, 0.1) is 6.04 Å². The zero-order valence-corrected chi connectivity index (χ0v) is 18.9. The number of amides is 1. The summed E-state index contributed by atoms with van der Waals surface area (Å²) < 4.78 is 30.0. The van der Waals surface area contributed by atoms with Gasteiger partial charge in [-0.15, -0.1) is 0 Å². The molecule has 1 fully saturated rings. The van der Waals surface area contributed by atoms with Gasteiger partial charge in [0.2, 0.25) is 6.79 Å². The van der Waals surface area contributed by atoms with Gasteiger partial charge in [-0.3, -0.25) is 4.90 Å². The predicted molar refractivity (Wildman–Crippen MR) is 117 cm³/mol. The second-order valence-corrected chi connectivity index (χ2v) is 9.37. The lowest BCUT2D eigenvalue weighted by Gasteiger charge is -2.30. The van der Waals surface area contributed by atoms with Gasteiger partial charge in [-0.1, -0.05) is 17.7 Å². The molecular weight excluding hydrogens is 439 g/mol. The Morgan fingerprint density at radius 2 is 1.97 bits per heavy atom. The van der Waals surface area contributed by atoms with Gasteiger partial charge < -0.3 is 24.6 Å². The Balaban J connectivity index is 1.63. The Hall–Kier alpha value is -2.71. The third-order valence-electron chi connectivity index (χ3n) is 5.38. The second kappa shape index (κ2) is 8.67. The number of carbonyl (C=O) groups is 1. The number of aromatic hydroxyl groups is 1. The van der Waals surface area contributed by atoms with Gasteiger partial charge in [0, 0.05) is 35.8 Å². The number of alkyl carbamates (subject to hydrolysis) is 1. The van der Waals surface area contributed by atoms with Crippen LogP contribution < -0.4 is 14.8 Å². The molecule has 32 heavy (non-hydrogen) atoms. The van der Waals surface area contributed by atoms with Crippen LogP contribution in [0.5, 0.6) is 17.2 Å². The van der Waals surface area contributed by atoms with Gasteiger partial charge in [-0.25, -0.2) is 9.18 Å². The van der Waals surface area contributed by atoms with Crippen LogP contribution >= 0.6 is 11.6 Å². The molecule has 4 rings (SSSR count). The van der Waals surface area contributed by atoms with Gasteiger partial charge >= 0.3 is 6.09 Å². The van der Waals surface area contributed by atoms with Crippen LogP contribution in [0.1, 0.15) is 44.4 Å². The molecule has 0 aliphatic carbocycles. The lowest BCUT2D eigenvalue weighted by Crippen LogP contribution is -2.41. The quantitative estimate of drug-likeness (QED) is 0.688. The number of hydrogen-bond acceptors (Lipinski definition) is 6. The summed E-state index contributed by atoms with van der Waals surface area (Å²) in [5, 5.41) is 13.9. The van der Waals surface area contributed by atoms with Crippen LogP contribution in [0, 0.1) is 5.82 Å². The van der Waals surface area contributed by atoms with Crippen molar-refractivity contribution in [3.63, 3.8) is 0 Å². The smallest absolute Gasteiger partial charge is 0.407 e. The molecule has 2 atom stereocenters. The molecule has 2 N–H and O–H groups in total. The van der Waals surface area contributed by atoms with Crippen LogP contribution in [0.3, 0.4) is 0 Å². The minimum absolute atomic E-state index is 0.0168. The van der Waals surface area contributed by atoms with Crippen molar-refractivity contribution in [2.24, 2.45) is 0 Å². The lowest BCUT2D eigenvalue weighted by atomic mass is 9.95. The Morgan fingerprint density at radius 3 is 2.66 bits per heavy atom. The zero-order valence-electron chi connectivity index (χ0n) is 18.2. The first-order chi connectivity index (χ1) is 15.1. The van der Waals surface area contributed by atoms with E-state index in [4.69, 9.17) is 25.8 Å². The highest BCUT2D eigenvalue weighted by Gasteiger charge is 2.35. The van der Waals surface area contributed by atoms with Crippen molar-refractivity contribution in [3.8, 4) is 17.2 Å². The highest BCUT2D eigenvalue weighted by atomic mass is 35.5. The molecule has 2 aliphatic heterocycles. The van der Waals surface area contributed by atoms with Crippen LogP contribution in [-0.2, 0) is 4.74 Å². The molecule has 2 aromatic rings. The minimum Gasteiger partial charge on any atom is -0.507 e. The molecule has 1 saturated heterocycles. The Bertz CT molecular complexity index is 1030. The number of ether oxygens (including phenoxy) is 3. The molecule has 0 radical (unpaired) electrons. The minimum atomic E-state index is -0.592. The molecule has 2 aromatic carbocycles. The molecular formula is C23H26ClFN2O5. The van der Waals surface area contributed by atoms with E-state index in [1.54, 1.807) is 12.1 Å². The maximum atomic E-state index is 13.7. The third-order valence-corrected chi connectivity index (χ3v) is 5.71.